The molecule has 4 rings (SSSR count). The van der Waals surface area contributed by atoms with Crippen LogP contribution in [0, 0.1) is 5.82 Å². The molecule has 25 heavy (non-hydrogen) atoms. The van der Waals surface area contributed by atoms with E-state index in [2.05, 4.69) is 15.4 Å². The van der Waals surface area contributed by atoms with E-state index in [1.54, 1.807) is 30.3 Å². The Labute approximate surface area is 143 Å². The molecule has 124 valence electrons. The number of nitrogens with zero attached hydrogens (tertiary/aromatic N) is 3. The normalized spacial score (nSPS) is 10.8. The van der Waals surface area contributed by atoms with E-state index in [9.17, 15) is 4.39 Å². The SMILES string of the molecule is COc1cc(Nc2ccnc3ccc(F)cc23)cc(-n2cccn2)c1. The maximum atomic E-state index is 13.6. The topological polar surface area (TPSA) is 52.0 Å². The second-order valence-electron chi connectivity index (χ2n) is 5.52. The smallest absolute Gasteiger partial charge is 0.124 e. The van der Waals surface area contributed by atoms with Crippen molar-refractivity contribution in [3.8, 4) is 11.4 Å². The zero-order chi connectivity index (χ0) is 17.2. The van der Waals surface area contributed by atoms with Crippen molar-refractivity contribution in [2.45, 2.75) is 0 Å². The molecule has 0 aliphatic rings. The van der Waals surface area contributed by atoms with Crippen LogP contribution in [0.2, 0.25) is 0 Å². The van der Waals surface area contributed by atoms with Crippen molar-refractivity contribution in [3.63, 3.8) is 0 Å². The first-order valence-electron chi connectivity index (χ1n) is 7.73. The van der Waals surface area contributed by atoms with E-state index in [0.717, 1.165) is 22.6 Å². The lowest BCUT2D eigenvalue weighted by Crippen LogP contribution is -1.99. The van der Waals surface area contributed by atoms with Crippen molar-refractivity contribution in [1.29, 1.82) is 0 Å². The van der Waals surface area contributed by atoms with Gasteiger partial charge in [-0.05, 0) is 36.4 Å². The summed E-state index contributed by atoms with van der Waals surface area (Å²) in [6, 6.07) is 13.9. The lowest BCUT2D eigenvalue weighted by atomic mass is 10.1. The van der Waals surface area contributed by atoms with Crippen LogP contribution in [0.4, 0.5) is 15.8 Å². The number of ether oxygens (including phenoxy) is 1. The summed E-state index contributed by atoms with van der Waals surface area (Å²) in [7, 11) is 1.61. The molecule has 0 bridgehead atoms. The fourth-order valence-corrected chi connectivity index (χ4v) is 2.71. The molecular formula is C19H15FN4O. The van der Waals surface area contributed by atoms with Gasteiger partial charge in [0.2, 0.25) is 0 Å². The average molecular weight is 334 g/mol. The Hall–Kier alpha value is -3.41. The molecule has 0 aliphatic carbocycles. The van der Waals surface area contributed by atoms with Crippen molar-refractivity contribution in [3.05, 3.63) is 72.9 Å². The summed E-state index contributed by atoms with van der Waals surface area (Å²) in [4.78, 5) is 4.27. The van der Waals surface area contributed by atoms with E-state index in [1.165, 1.54) is 12.1 Å². The summed E-state index contributed by atoms with van der Waals surface area (Å²) in [5.74, 6) is 0.395. The molecule has 0 radical (unpaired) electrons. The molecule has 5 nitrogen and oxygen atoms in total. The largest absolute Gasteiger partial charge is 0.497 e. The maximum absolute atomic E-state index is 13.6. The Balaban J connectivity index is 1.78. The van der Waals surface area contributed by atoms with Crippen molar-refractivity contribution < 1.29 is 9.13 Å². The van der Waals surface area contributed by atoms with Gasteiger partial charge in [-0.2, -0.15) is 5.10 Å². The van der Waals surface area contributed by atoms with Gasteiger partial charge in [-0.3, -0.25) is 4.98 Å². The van der Waals surface area contributed by atoms with Crippen LogP contribution in [0.3, 0.4) is 0 Å². The number of halogens is 1. The van der Waals surface area contributed by atoms with E-state index < -0.39 is 0 Å². The van der Waals surface area contributed by atoms with Gasteiger partial charge in [0.05, 0.1) is 18.3 Å². The van der Waals surface area contributed by atoms with E-state index in [4.69, 9.17) is 4.74 Å². The molecule has 0 aliphatic heterocycles. The van der Waals surface area contributed by atoms with Gasteiger partial charge in [0.15, 0.2) is 0 Å². The first kappa shape index (κ1) is 15.1. The minimum atomic E-state index is -0.300. The number of methoxy groups -OCH3 is 1. The maximum Gasteiger partial charge on any atom is 0.124 e. The Kier molecular flexibility index (Phi) is 3.78. The van der Waals surface area contributed by atoms with Crippen molar-refractivity contribution in [2.75, 3.05) is 12.4 Å². The monoisotopic (exact) mass is 334 g/mol. The zero-order valence-corrected chi connectivity index (χ0v) is 13.5. The van der Waals surface area contributed by atoms with Gasteiger partial charge in [0.1, 0.15) is 11.6 Å². The third kappa shape index (κ3) is 3.01. The molecule has 2 heterocycles. The lowest BCUT2D eigenvalue weighted by molar-refractivity contribution is 0.414. The lowest BCUT2D eigenvalue weighted by Gasteiger charge is -2.13. The van der Waals surface area contributed by atoms with Crippen molar-refractivity contribution in [2.24, 2.45) is 0 Å². The van der Waals surface area contributed by atoms with Crippen LogP contribution in [-0.2, 0) is 0 Å². The minimum absolute atomic E-state index is 0.300. The van der Waals surface area contributed by atoms with Gasteiger partial charge in [-0.1, -0.05) is 0 Å². The first-order chi connectivity index (χ1) is 12.2. The Morgan fingerprint density at radius 1 is 1.08 bits per heavy atom. The van der Waals surface area contributed by atoms with E-state index in [1.807, 2.05) is 36.5 Å². The Morgan fingerprint density at radius 3 is 2.80 bits per heavy atom. The molecule has 2 aromatic carbocycles. The van der Waals surface area contributed by atoms with Crippen LogP contribution >= 0.6 is 0 Å². The Morgan fingerprint density at radius 2 is 2.00 bits per heavy atom. The van der Waals surface area contributed by atoms with E-state index in [0.29, 0.717) is 11.1 Å². The number of nitrogens with one attached hydrogen (secondary N) is 1. The average Bonchev–Trinajstić information content (AvgIpc) is 3.17. The summed E-state index contributed by atoms with van der Waals surface area (Å²) in [5, 5.41) is 8.28. The van der Waals surface area contributed by atoms with Crippen LogP contribution in [-0.4, -0.2) is 21.9 Å². The molecule has 2 aromatic heterocycles. The molecule has 0 atom stereocenters. The molecule has 6 heteroatoms. The number of benzene rings is 2. The summed E-state index contributed by atoms with van der Waals surface area (Å²) in [6.07, 6.45) is 5.26. The summed E-state index contributed by atoms with van der Waals surface area (Å²) < 4.78 is 20.8. The molecular weight excluding hydrogens is 319 g/mol. The molecule has 0 spiro atoms. The quantitative estimate of drug-likeness (QED) is 0.604. The van der Waals surface area contributed by atoms with Crippen LogP contribution < -0.4 is 10.1 Å². The molecule has 0 amide bonds. The number of anilines is 2. The van der Waals surface area contributed by atoms with E-state index in [-0.39, 0.29) is 5.82 Å². The molecule has 0 unspecified atom stereocenters. The summed E-state index contributed by atoms with van der Waals surface area (Å²) in [6.45, 7) is 0. The second kappa shape index (κ2) is 6.24. The van der Waals surface area contributed by atoms with Crippen molar-refractivity contribution >= 4 is 22.3 Å². The summed E-state index contributed by atoms with van der Waals surface area (Å²) >= 11 is 0. The standard InChI is InChI=1S/C19H15FN4O/c1-25-16-11-14(10-15(12-16)24-8-2-6-22-24)23-19-5-7-21-18-4-3-13(20)9-17(18)19/h2-12H,1H3,(H,21,23). The molecule has 1 N–H and O–H groups in total. The third-order valence-electron chi connectivity index (χ3n) is 3.88. The fraction of sp³-hybridized carbons (Fsp3) is 0.0526. The number of aromatic nitrogens is 3. The molecule has 0 saturated carbocycles. The first-order valence-corrected chi connectivity index (χ1v) is 7.73. The van der Waals surface area contributed by atoms with Gasteiger partial charge < -0.3 is 10.1 Å². The fourth-order valence-electron chi connectivity index (χ4n) is 2.71. The van der Waals surface area contributed by atoms with Crippen molar-refractivity contribution in [1.82, 2.24) is 14.8 Å². The molecule has 0 fully saturated rings. The summed E-state index contributed by atoms with van der Waals surface area (Å²) in [5.41, 5.74) is 3.16. The zero-order valence-electron chi connectivity index (χ0n) is 13.5. The predicted octanol–water partition coefficient (Wildman–Crippen LogP) is 4.31. The number of rotatable bonds is 4. The van der Waals surface area contributed by atoms with Gasteiger partial charge in [-0.15, -0.1) is 0 Å². The molecule has 4 aromatic rings. The highest BCUT2D eigenvalue weighted by Gasteiger charge is 2.07. The van der Waals surface area contributed by atoms with Crippen LogP contribution in [0.1, 0.15) is 0 Å². The van der Waals surface area contributed by atoms with E-state index >= 15 is 0 Å². The highest BCUT2D eigenvalue weighted by Crippen LogP contribution is 2.29. The third-order valence-corrected chi connectivity index (χ3v) is 3.88. The Bertz CT molecular complexity index is 1030. The van der Waals surface area contributed by atoms with Crippen LogP contribution in [0.5, 0.6) is 5.75 Å². The van der Waals surface area contributed by atoms with Crippen LogP contribution in [0.15, 0.2) is 67.1 Å². The predicted molar refractivity (Wildman–Crippen MR) is 95.1 cm³/mol. The highest BCUT2D eigenvalue weighted by atomic mass is 19.1. The van der Waals surface area contributed by atoms with Crippen LogP contribution in [0.25, 0.3) is 16.6 Å². The molecule has 0 saturated heterocycles. The second-order valence-corrected chi connectivity index (χ2v) is 5.52. The number of hydrogen-bond donors (Lipinski definition) is 1. The number of fused-ring (bicyclic) bond motifs is 1. The van der Waals surface area contributed by atoms with Gasteiger partial charge in [0.25, 0.3) is 0 Å². The van der Waals surface area contributed by atoms with Gasteiger partial charge in [-0.25, -0.2) is 9.07 Å². The van der Waals surface area contributed by atoms with Gasteiger partial charge in [0, 0.05) is 47.5 Å². The highest BCUT2D eigenvalue weighted by molar-refractivity contribution is 5.93. The number of pyridine rings is 1. The number of hydrogen-bond acceptors (Lipinski definition) is 4. The van der Waals surface area contributed by atoms with Gasteiger partial charge >= 0.3 is 0 Å². The minimum Gasteiger partial charge on any atom is -0.497 e.